The minimum absolute atomic E-state index is 0. The number of hydrogen-bond donors (Lipinski definition) is 0. The molecule has 0 amide bonds. The van der Waals surface area contributed by atoms with Gasteiger partial charge in [-0.2, -0.15) is 9.90 Å². The van der Waals surface area contributed by atoms with Crippen molar-refractivity contribution in [2.75, 3.05) is 0 Å². The van der Waals surface area contributed by atoms with E-state index in [0.717, 1.165) is 0 Å². The summed E-state index contributed by atoms with van der Waals surface area (Å²) in [7, 11) is 0. The van der Waals surface area contributed by atoms with Gasteiger partial charge >= 0.3 is 132 Å². The summed E-state index contributed by atoms with van der Waals surface area (Å²) in [5.41, 5.74) is 0. The molecule has 0 N–H and O–H groups in total. The topological polar surface area (TPSA) is 0 Å². The van der Waals surface area contributed by atoms with Gasteiger partial charge in [-0.05, 0) is 0 Å². The van der Waals surface area contributed by atoms with Crippen LogP contribution in [0.3, 0.4) is 0 Å². The Morgan fingerprint density at radius 1 is 0.545 bits per heavy atom. The summed E-state index contributed by atoms with van der Waals surface area (Å²) >= 11 is -2.70. The standard InChI is InChI=1S/3C6H5.C2H5.H3P.Sb/c3*1-2-4-6-5-3-1;1-2;;/h3*1-5H;1H2,2H3;1H3;. The fraction of sp³-hybridized carbons (Fsp3) is 0.100. The molecule has 0 aromatic heterocycles. The molecular weight excluding hydrogens is 393 g/mol. The average Bonchev–Trinajstić information content (AvgIpc) is 2.59. The van der Waals surface area contributed by atoms with Gasteiger partial charge in [-0.15, -0.1) is 0 Å². The van der Waals surface area contributed by atoms with Crippen molar-refractivity contribution in [3.05, 3.63) is 91.0 Å². The van der Waals surface area contributed by atoms with Crippen molar-refractivity contribution in [1.82, 2.24) is 0 Å². The summed E-state index contributed by atoms with van der Waals surface area (Å²) in [5, 5.41) is 0. The molecule has 0 aliphatic carbocycles. The van der Waals surface area contributed by atoms with Gasteiger partial charge in [0.1, 0.15) is 0 Å². The van der Waals surface area contributed by atoms with E-state index < -0.39 is 18.8 Å². The van der Waals surface area contributed by atoms with E-state index in [2.05, 4.69) is 97.9 Å². The molecular formula is C20H23PSb. The molecule has 0 saturated carbocycles. The summed E-state index contributed by atoms with van der Waals surface area (Å²) in [6.07, 6.45) is 0. The smallest absolute Gasteiger partial charge is 0.153 e. The average molecular weight is 416 g/mol. The zero-order chi connectivity index (χ0) is 14.5. The molecule has 1 unspecified atom stereocenters. The van der Waals surface area contributed by atoms with Crippen LogP contribution in [0.2, 0.25) is 4.37 Å². The van der Waals surface area contributed by atoms with Gasteiger partial charge in [0, 0.05) is 0 Å². The van der Waals surface area contributed by atoms with Crippen LogP contribution in [-0.4, -0.2) is 18.8 Å². The molecule has 3 aromatic rings. The van der Waals surface area contributed by atoms with Crippen molar-refractivity contribution in [2.45, 2.75) is 11.3 Å². The molecule has 1 radical (unpaired) electrons. The van der Waals surface area contributed by atoms with Gasteiger partial charge in [0.15, 0.2) is 0 Å². The Labute approximate surface area is 141 Å². The third kappa shape index (κ3) is 3.15. The molecule has 0 nitrogen and oxygen atoms in total. The second-order valence-electron chi connectivity index (χ2n) is 5.13. The molecule has 1 atom stereocenters. The van der Waals surface area contributed by atoms with Crippen molar-refractivity contribution < 1.29 is 0 Å². The third-order valence-corrected chi connectivity index (χ3v) is 16.9. The third-order valence-electron chi connectivity index (χ3n) is 4.07. The van der Waals surface area contributed by atoms with E-state index in [1.165, 1.54) is 4.37 Å². The Kier molecular flexibility index (Phi) is 6.24. The first-order valence-corrected chi connectivity index (χ1v) is 13.1. The molecule has 3 aromatic carbocycles. The normalized spacial score (nSPS) is 10.8. The molecule has 2 heteroatoms. The van der Waals surface area contributed by atoms with E-state index >= 15 is 0 Å². The van der Waals surface area contributed by atoms with Crippen LogP contribution < -0.4 is 10.5 Å². The predicted octanol–water partition coefficient (Wildman–Crippen LogP) is 3.23. The van der Waals surface area contributed by atoms with Crippen LogP contribution >= 0.6 is 9.90 Å². The minimum atomic E-state index is -2.70. The minimum Gasteiger partial charge on any atom is -0.153 e. The number of benzene rings is 3. The van der Waals surface area contributed by atoms with Crippen LogP contribution in [-0.2, 0) is 0 Å². The van der Waals surface area contributed by atoms with Crippen LogP contribution in [0.5, 0.6) is 0 Å². The van der Waals surface area contributed by atoms with Gasteiger partial charge in [-0.25, -0.2) is 0 Å². The second-order valence-corrected chi connectivity index (χ2v) is 16.0. The fourth-order valence-electron chi connectivity index (χ4n) is 3.04. The van der Waals surface area contributed by atoms with Gasteiger partial charge in [0.2, 0.25) is 0 Å². The first-order chi connectivity index (χ1) is 10.4. The number of hydrogen-bond acceptors (Lipinski definition) is 0. The van der Waals surface area contributed by atoms with Crippen LogP contribution in [0.15, 0.2) is 91.0 Å². The Bertz CT molecular complexity index is 584. The molecule has 3 rings (SSSR count). The van der Waals surface area contributed by atoms with E-state index in [-0.39, 0.29) is 9.90 Å². The van der Waals surface area contributed by atoms with Gasteiger partial charge in [-0.3, -0.25) is 0 Å². The SMILES string of the molecule is C[CH2][Sb]([c]1ccccc1)([c]1ccccc1)[c]1ccccc1.P. The first kappa shape index (κ1) is 17.3. The van der Waals surface area contributed by atoms with Crippen molar-refractivity contribution in [3.63, 3.8) is 0 Å². The Morgan fingerprint density at radius 3 is 1.05 bits per heavy atom. The van der Waals surface area contributed by atoms with Crippen LogP contribution in [0.1, 0.15) is 6.92 Å². The Balaban J connectivity index is 0.00000176. The van der Waals surface area contributed by atoms with Crippen molar-refractivity contribution in [1.29, 1.82) is 0 Å². The molecule has 113 valence electrons. The van der Waals surface area contributed by atoms with Gasteiger partial charge < -0.3 is 0 Å². The van der Waals surface area contributed by atoms with Gasteiger partial charge in [-0.1, -0.05) is 0 Å². The van der Waals surface area contributed by atoms with Crippen LogP contribution in [0.25, 0.3) is 0 Å². The van der Waals surface area contributed by atoms with Crippen molar-refractivity contribution >= 4 is 39.2 Å². The molecule has 0 aliphatic rings. The molecule has 0 bridgehead atoms. The van der Waals surface area contributed by atoms with E-state index in [4.69, 9.17) is 0 Å². The van der Waals surface area contributed by atoms with Crippen molar-refractivity contribution in [3.8, 4) is 0 Å². The van der Waals surface area contributed by atoms with Crippen LogP contribution in [0.4, 0.5) is 0 Å². The zero-order valence-corrected chi connectivity index (χ0v) is 17.0. The zero-order valence-electron chi connectivity index (χ0n) is 13.0. The number of rotatable bonds is 4. The first-order valence-electron chi connectivity index (χ1n) is 7.43. The molecule has 0 fully saturated rings. The predicted molar refractivity (Wildman–Crippen MR) is 106 cm³/mol. The maximum absolute atomic E-state index is 2.70. The monoisotopic (exact) mass is 415 g/mol. The summed E-state index contributed by atoms with van der Waals surface area (Å²) in [4.78, 5) is 0. The molecule has 0 spiro atoms. The fourth-order valence-corrected chi connectivity index (χ4v) is 14.6. The molecule has 22 heavy (non-hydrogen) atoms. The maximum Gasteiger partial charge on any atom is -0.153 e. The van der Waals surface area contributed by atoms with Gasteiger partial charge in [0.25, 0.3) is 0 Å². The van der Waals surface area contributed by atoms with Gasteiger partial charge in [0.05, 0.1) is 0 Å². The van der Waals surface area contributed by atoms with E-state index in [0.29, 0.717) is 0 Å². The second kappa shape index (κ2) is 7.96. The Morgan fingerprint density at radius 2 is 0.818 bits per heavy atom. The maximum atomic E-state index is 2.36. The molecule has 0 aliphatic heterocycles. The quantitative estimate of drug-likeness (QED) is 0.453. The van der Waals surface area contributed by atoms with Crippen LogP contribution in [0, 0.1) is 0 Å². The Hall–Kier alpha value is -1.09. The largest absolute Gasteiger partial charge is 0.153 e. The van der Waals surface area contributed by atoms with E-state index in [9.17, 15) is 0 Å². The van der Waals surface area contributed by atoms with E-state index in [1.54, 1.807) is 10.5 Å². The molecule has 0 saturated heterocycles. The molecule has 0 heterocycles. The summed E-state index contributed by atoms with van der Waals surface area (Å²) in [5.74, 6) is 0. The summed E-state index contributed by atoms with van der Waals surface area (Å²) < 4.78 is 5.89. The summed E-state index contributed by atoms with van der Waals surface area (Å²) in [6.45, 7) is 2.36. The van der Waals surface area contributed by atoms with Crippen molar-refractivity contribution in [2.24, 2.45) is 0 Å². The summed E-state index contributed by atoms with van der Waals surface area (Å²) in [6, 6.07) is 33.4. The van der Waals surface area contributed by atoms with E-state index in [1.807, 2.05) is 0 Å².